The van der Waals surface area contributed by atoms with Gasteiger partial charge >= 0.3 is 0 Å². The van der Waals surface area contributed by atoms with Crippen molar-refractivity contribution in [1.29, 1.82) is 0 Å². The standard InChI is InChI=1S/C24H31FN2O3/c1-5-18-9-13-21(14-10-18)30-16-23(28)27(15-19-7-11-20(25)12-8-19)22(6-2)24(29)26-17(3)4/h7-14,17,22H,5-6,15-16H2,1-4H3,(H,26,29)/t22-/m0/s1. The maximum atomic E-state index is 13.3. The summed E-state index contributed by atoms with van der Waals surface area (Å²) in [4.78, 5) is 27.3. The molecule has 0 saturated heterocycles. The monoisotopic (exact) mass is 414 g/mol. The fourth-order valence-corrected chi connectivity index (χ4v) is 3.14. The minimum Gasteiger partial charge on any atom is -0.484 e. The summed E-state index contributed by atoms with van der Waals surface area (Å²) in [5.41, 5.74) is 1.93. The predicted octanol–water partition coefficient (Wildman–Crippen LogP) is 4.10. The molecule has 2 aromatic carbocycles. The summed E-state index contributed by atoms with van der Waals surface area (Å²) in [6.07, 6.45) is 1.38. The zero-order valence-electron chi connectivity index (χ0n) is 18.2. The van der Waals surface area contributed by atoms with Crippen LogP contribution in [0.2, 0.25) is 0 Å². The van der Waals surface area contributed by atoms with Crippen LogP contribution < -0.4 is 10.1 Å². The Balaban J connectivity index is 2.17. The second-order valence-electron chi connectivity index (χ2n) is 7.52. The van der Waals surface area contributed by atoms with E-state index in [1.165, 1.54) is 22.6 Å². The molecule has 30 heavy (non-hydrogen) atoms. The van der Waals surface area contributed by atoms with E-state index >= 15 is 0 Å². The van der Waals surface area contributed by atoms with Gasteiger partial charge in [0.25, 0.3) is 5.91 Å². The number of hydrogen-bond donors (Lipinski definition) is 1. The largest absolute Gasteiger partial charge is 0.484 e. The Labute approximate surface area is 178 Å². The number of carbonyl (C=O) groups is 2. The highest BCUT2D eigenvalue weighted by molar-refractivity contribution is 5.88. The number of rotatable bonds is 10. The summed E-state index contributed by atoms with van der Waals surface area (Å²) < 4.78 is 19.0. The Hall–Kier alpha value is -2.89. The number of amides is 2. The van der Waals surface area contributed by atoms with E-state index in [1.54, 1.807) is 12.1 Å². The van der Waals surface area contributed by atoms with Crippen molar-refractivity contribution in [1.82, 2.24) is 10.2 Å². The van der Waals surface area contributed by atoms with Crippen LogP contribution in [0.25, 0.3) is 0 Å². The lowest BCUT2D eigenvalue weighted by Crippen LogP contribution is -2.51. The first-order valence-electron chi connectivity index (χ1n) is 10.4. The average Bonchev–Trinajstić information content (AvgIpc) is 2.73. The summed E-state index contributed by atoms with van der Waals surface area (Å²) in [5.74, 6) is -0.262. The number of nitrogens with zero attached hydrogens (tertiary/aromatic N) is 1. The first kappa shape index (κ1) is 23.4. The lowest BCUT2D eigenvalue weighted by Gasteiger charge is -2.31. The molecule has 0 fully saturated rings. The summed E-state index contributed by atoms with van der Waals surface area (Å²) in [6.45, 7) is 7.69. The molecule has 0 heterocycles. The summed E-state index contributed by atoms with van der Waals surface area (Å²) >= 11 is 0. The molecule has 0 aliphatic heterocycles. The van der Waals surface area contributed by atoms with E-state index in [9.17, 15) is 14.0 Å². The second-order valence-corrected chi connectivity index (χ2v) is 7.52. The number of aryl methyl sites for hydroxylation is 1. The van der Waals surface area contributed by atoms with Gasteiger partial charge in [-0.25, -0.2) is 4.39 Å². The topological polar surface area (TPSA) is 58.6 Å². The molecule has 0 saturated carbocycles. The van der Waals surface area contributed by atoms with Gasteiger partial charge < -0.3 is 15.0 Å². The van der Waals surface area contributed by atoms with Crippen LogP contribution in [0.15, 0.2) is 48.5 Å². The molecule has 0 spiro atoms. The van der Waals surface area contributed by atoms with Gasteiger partial charge in [0.15, 0.2) is 6.61 Å². The average molecular weight is 415 g/mol. The predicted molar refractivity (Wildman–Crippen MR) is 116 cm³/mol. The molecule has 0 unspecified atom stereocenters. The molecule has 6 heteroatoms. The van der Waals surface area contributed by atoms with E-state index in [-0.39, 0.29) is 36.8 Å². The molecule has 5 nitrogen and oxygen atoms in total. The molecule has 2 aromatic rings. The molecular weight excluding hydrogens is 383 g/mol. The van der Waals surface area contributed by atoms with Crippen LogP contribution in [0.4, 0.5) is 4.39 Å². The SMILES string of the molecule is CCc1ccc(OCC(=O)N(Cc2ccc(F)cc2)[C@@H](CC)C(=O)NC(C)C)cc1. The maximum Gasteiger partial charge on any atom is 0.261 e. The van der Waals surface area contributed by atoms with Gasteiger partial charge in [-0.2, -0.15) is 0 Å². The molecule has 1 N–H and O–H groups in total. The van der Waals surface area contributed by atoms with E-state index in [4.69, 9.17) is 4.74 Å². The zero-order chi connectivity index (χ0) is 22.1. The number of ether oxygens (including phenoxy) is 1. The second kappa shape index (κ2) is 11.3. The first-order chi connectivity index (χ1) is 14.3. The smallest absolute Gasteiger partial charge is 0.261 e. The van der Waals surface area contributed by atoms with Crippen LogP contribution in [-0.2, 0) is 22.6 Å². The minimum atomic E-state index is -0.643. The number of hydrogen-bond acceptors (Lipinski definition) is 3. The molecule has 0 radical (unpaired) electrons. The molecule has 162 valence electrons. The van der Waals surface area contributed by atoms with Gasteiger partial charge in [-0.1, -0.05) is 38.1 Å². The molecule has 1 atom stereocenters. The van der Waals surface area contributed by atoms with Gasteiger partial charge in [-0.3, -0.25) is 9.59 Å². The Morgan fingerprint density at radius 1 is 1.00 bits per heavy atom. The van der Waals surface area contributed by atoms with Crippen molar-refractivity contribution < 1.29 is 18.7 Å². The normalized spacial score (nSPS) is 11.8. The lowest BCUT2D eigenvalue weighted by molar-refractivity contribution is -0.143. The quantitative estimate of drug-likeness (QED) is 0.637. The van der Waals surface area contributed by atoms with Crippen LogP contribution >= 0.6 is 0 Å². The van der Waals surface area contributed by atoms with Gasteiger partial charge in [0.05, 0.1) is 0 Å². The van der Waals surface area contributed by atoms with Gasteiger partial charge in [0.2, 0.25) is 5.91 Å². The Morgan fingerprint density at radius 2 is 1.60 bits per heavy atom. The Morgan fingerprint density at radius 3 is 2.13 bits per heavy atom. The van der Waals surface area contributed by atoms with Crippen molar-refractivity contribution >= 4 is 11.8 Å². The van der Waals surface area contributed by atoms with Crippen molar-refractivity contribution in [2.45, 2.75) is 59.2 Å². The van der Waals surface area contributed by atoms with Gasteiger partial charge in [0.1, 0.15) is 17.6 Å². The van der Waals surface area contributed by atoms with Crippen molar-refractivity contribution in [3.63, 3.8) is 0 Å². The molecule has 2 amide bonds. The minimum absolute atomic E-state index is 0.0392. The van der Waals surface area contributed by atoms with Gasteiger partial charge in [0, 0.05) is 12.6 Å². The Bertz CT molecular complexity index is 819. The highest BCUT2D eigenvalue weighted by Gasteiger charge is 2.29. The zero-order valence-corrected chi connectivity index (χ0v) is 18.2. The van der Waals surface area contributed by atoms with E-state index < -0.39 is 6.04 Å². The van der Waals surface area contributed by atoms with Gasteiger partial charge in [-0.15, -0.1) is 0 Å². The molecule has 0 aliphatic carbocycles. The number of benzene rings is 2. The summed E-state index contributed by atoms with van der Waals surface area (Å²) in [7, 11) is 0. The van der Waals surface area contributed by atoms with E-state index in [0.717, 1.165) is 12.0 Å². The van der Waals surface area contributed by atoms with Crippen LogP contribution in [0.1, 0.15) is 45.2 Å². The number of carbonyl (C=O) groups excluding carboxylic acids is 2. The third-order valence-electron chi connectivity index (χ3n) is 4.78. The number of halogens is 1. The Kier molecular flexibility index (Phi) is 8.84. The van der Waals surface area contributed by atoms with Crippen LogP contribution in [0, 0.1) is 5.82 Å². The van der Waals surface area contributed by atoms with Crippen molar-refractivity contribution in [3.05, 3.63) is 65.5 Å². The summed E-state index contributed by atoms with van der Waals surface area (Å²) in [5, 5.41) is 2.88. The molecule has 0 bridgehead atoms. The first-order valence-corrected chi connectivity index (χ1v) is 10.4. The van der Waals surface area contributed by atoms with Crippen molar-refractivity contribution in [2.24, 2.45) is 0 Å². The van der Waals surface area contributed by atoms with Crippen LogP contribution in [-0.4, -0.2) is 35.4 Å². The third kappa shape index (κ3) is 6.87. The highest BCUT2D eigenvalue weighted by atomic mass is 19.1. The number of nitrogens with one attached hydrogen (secondary N) is 1. The highest BCUT2D eigenvalue weighted by Crippen LogP contribution is 2.16. The third-order valence-corrected chi connectivity index (χ3v) is 4.78. The maximum absolute atomic E-state index is 13.3. The van der Waals surface area contributed by atoms with E-state index in [2.05, 4.69) is 12.2 Å². The van der Waals surface area contributed by atoms with E-state index in [1.807, 2.05) is 45.0 Å². The summed E-state index contributed by atoms with van der Waals surface area (Å²) in [6, 6.07) is 12.8. The lowest BCUT2D eigenvalue weighted by atomic mass is 10.1. The molecule has 2 rings (SSSR count). The van der Waals surface area contributed by atoms with Gasteiger partial charge in [-0.05, 0) is 62.1 Å². The van der Waals surface area contributed by atoms with Crippen molar-refractivity contribution in [2.75, 3.05) is 6.61 Å². The van der Waals surface area contributed by atoms with Crippen LogP contribution in [0.3, 0.4) is 0 Å². The fraction of sp³-hybridized carbons (Fsp3) is 0.417. The molecule has 0 aromatic heterocycles. The van der Waals surface area contributed by atoms with Crippen molar-refractivity contribution in [3.8, 4) is 5.75 Å². The van der Waals surface area contributed by atoms with Crippen LogP contribution in [0.5, 0.6) is 5.75 Å². The van der Waals surface area contributed by atoms with E-state index in [0.29, 0.717) is 12.2 Å². The molecular formula is C24H31FN2O3. The fourth-order valence-electron chi connectivity index (χ4n) is 3.14. The molecule has 0 aliphatic rings.